The summed E-state index contributed by atoms with van der Waals surface area (Å²) in [6.45, 7) is 0.783. The zero-order valence-electron chi connectivity index (χ0n) is 10.8. The first-order chi connectivity index (χ1) is 9.68. The number of para-hydroxylation sites is 1. The molecule has 0 saturated carbocycles. The van der Waals surface area contributed by atoms with Gasteiger partial charge in [-0.05, 0) is 12.1 Å². The molecule has 7 heteroatoms. The summed E-state index contributed by atoms with van der Waals surface area (Å²) >= 11 is 0. The summed E-state index contributed by atoms with van der Waals surface area (Å²) in [6, 6.07) is 5.24. The molecule has 0 bridgehead atoms. The lowest BCUT2D eigenvalue weighted by atomic mass is 10.1. The van der Waals surface area contributed by atoms with Gasteiger partial charge in [0.1, 0.15) is 13.2 Å². The Bertz CT molecular complexity index is 469. The highest BCUT2D eigenvalue weighted by Crippen LogP contribution is 2.30. The number of halogens is 2. The number of hydrogen-bond donors (Lipinski definition) is 2. The maximum Gasteiger partial charge on any atom is 0.261 e. The largest absolute Gasteiger partial charge is 0.489 e. The van der Waals surface area contributed by atoms with E-state index in [9.17, 15) is 13.6 Å². The Kier molecular flexibility index (Phi) is 5.11. The molecule has 1 amide bonds. The van der Waals surface area contributed by atoms with Crippen molar-refractivity contribution in [1.29, 1.82) is 0 Å². The van der Waals surface area contributed by atoms with Gasteiger partial charge in [0.2, 0.25) is 0 Å². The van der Waals surface area contributed by atoms with Gasteiger partial charge in [-0.2, -0.15) is 0 Å². The molecule has 1 heterocycles. The number of carbonyl (C=O) groups excluding carboxylic acids is 1. The van der Waals surface area contributed by atoms with Crippen molar-refractivity contribution >= 4 is 11.6 Å². The molecule has 20 heavy (non-hydrogen) atoms. The van der Waals surface area contributed by atoms with E-state index in [2.05, 4.69) is 15.4 Å². The summed E-state index contributed by atoms with van der Waals surface area (Å²) in [5, 5.41) is 5.74. The van der Waals surface area contributed by atoms with Crippen molar-refractivity contribution in [2.24, 2.45) is 0 Å². The Morgan fingerprint density at radius 3 is 3.15 bits per heavy atom. The van der Waals surface area contributed by atoms with Crippen molar-refractivity contribution in [3.63, 3.8) is 0 Å². The van der Waals surface area contributed by atoms with Gasteiger partial charge in [-0.1, -0.05) is 6.07 Å². The molecule has 0 saturated heterocycles. The standard InChI is InChI=1S/C13H16F2N2O3/c14-11(15)8-19-6-4-17-13(18)9-2-1-3-10-12(9)20-7-5-16-10/h1-3,11,16H,4-8H2,(H,17,18). The van der Waals surface area contributed by atoms with Gasteiger partial charge in [-0.3, -0.25) is 4.79 Å². The van der Waals surface area contributed by atoms with Crippen LogP contribution in [0.1, 0.15) is 10.4 Å². The first-order valence-electron chi connectivity index (χ1n) is 6.32. The fourth-order valence-electron chi connectivity index (χ4n) is 1.85. The second-order valence-corrected chi connectivity index (χ2v) is 4.18. The zero-order valence-corrected chi connectivity index (χ0v) is 10.8. The van der Waals surface area contributed by atoms with E-state index in [0.717, 1.165) is 5.69 Å². The van der Waals surface area contributed by atoms with Gasteiger partial charge >= 0.3 is 0 Å². The number of fused-ring (bicyclic) bond motifs is 1. The Labute approximate surface area is 115 Å². The predicted octanol–water partition coefficient (Wildman–Crippen LogP) is 1.50. The molecule has 2 rings (SSSR count). The molecule has 1 aliphatic heterocycles. The molecule has 5 nitrogen and oxygen atoms in total. The summed E-state index contributed by atoms with van der Waals surface area (Å²) in [4.78, 5) is 12.0. The van der Waals surface area contributed by atoms with Crippen molar-refractivity contribution in [1.82, 2.24) is 5.32 Å². The first kappa shape index (κ1) is 14.5. The minimum Gasteiger partial charge on any atom is -0.489 e. The predicted molar refractivity (Wildman–Crippen MR) is 69.6 cm³/mol. The SMILES string of the molecule is O=C(NCCOCC(F)F)c1cccc2c1OCCN2. The Hall–Kier alpha value is -1.89. The number of benzene rings is 1. The number of hydrogen-bond acceptors (Lipinski definition) is 4. The average Bonchev–Trinajstić information content (AvgIpc) is 2.45. The molecule has 0 aliphatic carbocycles. The van der Waals surface area contributed by atoms with Crippen molar-refractivity contribution in [2.75, 3.05) is 38.2 Å². The third-order valence-corrected chi connectivity index (χ3v) is 2.70. The third-order valence-electron chi connectivity index (χ3n) is 2.70. The summed E-state index contributed by atoms with van der Waals surface area (Å²) in [5.41, 5.74) is 1.20. The lowest BCUT2D eigenvalue weighted by Crippen LogP contribution is -2.29. The Balaban J connectivity index is 1.86. The number of rotatable bonds is 6. The highest BCUT2D eigenvalue weighted by atomic mass is 19.3. The van der Waals surface area contributed by atoms with Crippen LogP contribution in [0.4, 0.5) is 14.5 Å². The maximum atomic E-state index is 12.0. The summed E-state index contributed by atoms with van der Waals surface area (Å²) in [6.07, 6.45) is -2.49. The topological polar surface area (TPSA) is 59.6 Å². The number of alkyl halides is 2. The fraction of sp³-hybridized carbons (Fsp3) is 0.462. The molecule has 0 aromatic heterocycles. The summed E-state index contributed by atoms with van der Waals surface area (Å²) in [5.74, 6) is 0.205. The van der Waals surface area contributed by atoms with Crippen LogP contribution in [-0.2, 0) is 4.74 Å². The van der Waals surface area contributed by atoms with Crippen LogP contribution >= 0.6 is 0 Å². The summed E-state index contributed by atoms with van der Waals surface area (Å²) in [7, 11) is 0. The number of carbonyl (C=O) groups is 1. The van der Waals surface area contributed by atoms with Crippen LogP contribution in [0, 0.1) is 0 Å². The van der Waals surface area contributed by atoms with E-state index in [4.69, 9.17) is 4.74 Å². The van der Waals surface area contributed by atoms with Crippen LogP contribution in [0.15, 0.2) is 18.2 Å². The number of anilines is 1. The van der Waals surface area contributed by atoms with Gasteiger partial charge in [-0.25, -0.2) is 8.78 Å². The van der Waals surface area contributed by atoms with Gasteiger partial charge < -0.3 is 20.1 Å². The van der Waals surface area contributed by atoms with Crippen LogP contribution in [0.3, 0.4) is 0 Å². The van der Waals surface area contributed by atoms with Gasteiger partial charge in [-0.15, -0.1) is 0 Å². The summed E-state index contributed by atoms with van der Waals surface area (Å²) < 4.78 is 33.8. The second kappa shape index (κ2) is 7.04. The Morgan fingerprint density at radius 2 is 2.35 bits per heavy atom. The van der Waals surface area contributed by atoms with Crippen LogP contribution in [0.5, 0.6) is 5.75 Å². The molecule has 0 radical (unpaired) electrons. The lowest BCUT2D eigenvalue weighted by Gasteiger charge is -2.21. The lowest BCUT2D eigenvalue weighted by molar-refractivity contribution is 0.0188. The van der Waals surface area contributed by atoms with E-state index in [1.807, 2.05) is 6.07 Å². The van der Waals surface area contributed by atoms with Gasteiger partial charge in [0, 0.05) is 13.1 Å². The molecule has 0 fully saturated rings. The van der Waals surface area contributed by atoms with E-state index in [1.54, 1.807) is 12.1 Å². The number of ether oxygens (including phenoxy) is 2. The van der Waals surface area contributed by atoms with E-state index >= 15 is 0 Å². The van der Waals surface area contributed by atoms with Gasteiger partial charge in [0.15, 0.2) is 5.75 Å². The van der Waals surface area contributed by atoms with Gasteiger partial charge in [0.05, 0.1) is 17.9 Å². The minimum atomic E-state index is -2.49. The van der Waals surface area contributed by atoms with E-state index in [-0.39, 0.29) is 19.1 Å². The Morgan fingerprint density at radius 1 is 1.50 bits per heavy atom. The zero-order chi connectivity index (χ0) is 14.4. The van der Waals surface area contributed by atoms with Crippen LogP contribution in [0.2, 0.25) is 0 Å². The van der Waals surface area contributed by atoms with Crippen LogP contribution in [0.25, 0.3) is 0 Å². The molecule has 1 aromatic carbocycles. The van der Waals surface area contributed by atoms with Crippen LogP contribution < -0.4 is 15.4 Å². The smallest absolute Gasteiger partial charge is 0.261 e. The molecule has 0 spiro atoms. The van der Waals surface area contributed by atoms with Crippen molar-refractivity contribution in [3.8, 4) is 5.75 Å². The average molecular weight is 286 g/mol. The fourth-order valence-corrected chi connectivity index (χ4v) is 1.85. The maximum absolute atomic E-state index is 12.0. The molecular formula is C13H16F2N2O3. The number of nitrogens with one attached hydrogen (secondary N) is 2. The monoisotopic (exact) mass is 286 g/mol. The third kappa shape index (κ3) is 3.80. The van der Waals surface area contributed by atoms with E-state index in [1.165, 1.54) is 0 Å². The van der Waals surface area contributed by atoms with Crippen LogP contribution in [-0.4, -0.2) is 45.2 Å². The van der Waals surface area contributed by atoms with Gasteiger partial charge in [0.25, 0.3) is 12.3 Å². The molecule has 110 valence electrons. The molecular weight excluding hydrogens is 270 g/mol. The number of amides is 1. The van der Waals surface area contributed by atoms with Crippen molar-refractivity contribution < 1.29 is 23.0 Å². The highest BCUT2D eigenvalue weighted by Gasteiger charge is 2.18. The molecule has 1 aliphatic rings. The molecule has 1 aromatic rings. The molecule has 0 atom stereocenters. The van der Waals surface area contributed by atoms with E-state index < -0.39 is 13.0 Å². The quantitative estimate of drug-likeness (QED) is 0.778. The second-order valence-electron chi connectivity index (χ2n) is 4.18. The van der Waals surface area contributed by atoms with Crippen molar-refractivity contribution in [3.05, 3.63) is 23.8 Å². The van der Waals surface area contributed by atoms with E-state index in [0.29, 0.717) is 24.5 Å². The highest BCUT2D eigenvalue weighted by molar-refractivity contribution is 5.98. The molecule has 2 N–H and O–H groups in total. The molecule has 0 unspecified atom stereocenters. The first-order valence-corrected chi connectivity index (χ1v) is 6.32. The normalized spacial score (nSPS) is 13.3. The van der Waals surface area contributed by atoms with Crippen molar-refractivity contribution in [2.45, 2.75) is 6.43 Å². The minimum absolute atomic E-state index is 0.0458.